The number of benzene rings is 1. The van der Waals surface area contributed by atoms with E-state index in [1.807, 2.05) is 19.1 Å². The highest BCUT2D eigenvalue weighted by Gasteiger charge is 2.07. The number of carbonyl (C=O) groups excluding carboxylic acids is 1. The summed E-state index contributed by atoms with van der Waals surface area (Å²) in [5.41, 5.74) is 1.01. The summed E-state index contributed by atoms with van der Waals surface area (Å²) in [6.45, 7) is 1.90. The molecule has 0 aromatic heterocycles. The summed E-state index contributed by atoms with van der Waals surface area (Å²) in [6, 6.07) is 7.29. The molecule has 0 radical (unpaired) electrons. The molecule has 0 aliphatic heterocycles. The Hall–Kier alpha value is -0.730. The van der Waals surface area contributed by atoms with Crippen LogP contribution < -0.4 is 5.32 Å². The van der Waals surface area contributed by atoms with Crippen molar-refractivity contribution >= 4 is 29.1 Å². The van der Waals surface area contributed by atoms with Crippen molar-refractivity contribution in [2.75, 3.05) is 5.88 Å². The lowest BCUT2D eigenvalue weighted by molar-refractivity contribution is -0.119. The van der Waals surface area contributed by atoms with Crippen LogP contribution in [0.25, 0.3) is 0 Å². The summed E-state index contributed by atoms with van der Waals surface area (Å²) >= 11 is 11.1. The average molecular weight is 232 g/mol. The highest BCUT2D eigenvalue weighted by Crippen LogP contribution is 2.15. The number of carbonyl (C=O) groups is 1. The van der Waals surface area contributed by atoms with Crippen molar-refractivity contribution < 1.29 is 4.79 Å². The molecule has 4 heteroatoms. The number of rotatable bonds is 3. The highest BCUT2D eigenvalue weighted by molar-refractivity contribution is 6.30. The molecule has 0 aliphatic carbocycles. The first-order valence-electron chi connectivity index (χ1n) is 4.24. The Morgan fingerprint density at radius 1 is 1.43 bits per heavy atom. The average Bonchev–Trinajstić information content (AvgIpc) is 2.18. The number of alkyl halides is 1. The van der Waals surface area contributed by atoms with Crippen molar-refractivity contribution in [3.63, 3.8) is 0 Å². The number of hydrogen-bond donors (Lipinski definition) is 1. The monoisotopic (exact) mass is 231 g/mol. The largest absolute Gasteiger partial charge is 0.349 e. The minimum absolute atomic E-state index is 0.0159. The Morgan fingerprint density at radius 3 is 2.50 bits per heavy atom. The highest BCUT2D eigenvalue weighted by atomic mass is 35.5. The summed E-state index contributed by atoms with van der Waals surface area (Å²) < 4.78 is 0. The predicted octanol–water partition coefficient (Wildman–Crippen LogP) is 2.76. The standard InChI is InChI=1S/C10H11Cl2NO/c1-7(13-10(14)6-11)8-2-4-9(12)5-3-8/h2-5,7H,6H2,1H3,(H,13,14)/t7-/m0/s1. The Balaban J connectivity index is 2.65. The lowest BCUT2D eigenvalue weighted by atomic mass is 10.1. The van der Waals surface area contributed by atoms with E-state index in [0.29, 0.717) is 5.02 Å². The second kappa shape index (κ2) is 5.23. The zero-order valence-electron chi connectivity index (χ0n) is 7.76. The summed E-state index contributed by atoms with van der Waals surface area (Å²) in [5.74, 6) is -0.188. The van der Waals surface area contributed by atoms with Gasteiger partial charge in [-0.1, -0.05) is 23.7 Å². The number of halogens is 2. The van der Waals surface area contributed by atoms with Gasteiger partial charge in [0, 0.05) is 5.02 Å². The molecule has 0 fully saturated rings. The van der Waals surface area contributed by atoms with Crippen LogP contribution in [-0.2, 0) is 4.79 Å². The minimum atomic E-state index is -0.172. The van der Waals surface area contributed by atoms with Gasteiger partial charge in [0.25, 0.3) is 0 Å². The minimum Gasteiger partial charge on any atom is -0.349 e. The van der Waals surface area contributed by atoms with Gasteiger partial charge in [-0.15, -0.1) is 11.6 Å². The molecule has 0 saturated carbocycles. The Labute approximate surface area is 93.2 Å². The predicted molar refractivity (Wildman–Crippen MR) is 58.7 cm³/mol. The fraction of sp³-hybridized carbons (Fsp3) is 0.300. The van der Waals surface area contributed by atoms with Crippen LogP contribution in [0.2, 0.25) is 5.02 Å². The van der Waals surface area contributed by atoms with Crippen LogP contribution in [0, 0.1) is 0 Å². The molecule has 0 heterocycles. The summed E-state index contributed by atoms with van der Waals surface area (Å²) in [5, 5.41) is 3.44. The fourth-order valence-electron chi connectivity index (χ4n) is 1.11. The van der Waals surface area contributed by atoms with Crippen LogP contribution in [0.4, 0.5) is 0 Å². The molecule has 0 saturated heterocycles. The SMILES string of the molecule is C[C@H](NC(=O)CCl)c1ccc(Cl)cc1. The Morgan fingerprint density at radius 2 is 2.00 bits per heavy atom. The third-order valence-corrected chi connectivity index (χ3v) is 2.36. The van der Waals surface area contributed by atoms with E-state index in [2.05, 4.69) is 5.32 Å². The Bertz CT molecular complexity index is 310. The lowest BCUT2D eigenvalue weighted by Gasteiger charge is -2.13. The first-order chi connectivity index (χ1) is 6.63. The summed E-state index contributed by atoms with van der Waals surface area (Å²) in [6.07, 6.45) is 0. The molecule has 1 aromatic rings. The van der Waals surface area contributed by atoms with Gasteiger partial charge in [0.15, 0.2) is 0 Å². The van der Waals surface area contributed by atoms with E-state index in [-0.39, 0.29) is 17.8 Å². The number of amides is 1. The lowest BCUT2D eigenvalue weighted by Crippen LogP contribution is -2.27. The summed E-state index contributed by atoms with van der Waals surface area (Å²) in [4.78, 5) is 11.0. The normalized spacial score (nSPS) is 12.2. The van der Waals surface area contributed by atoms with Gasteiger partial charge in [0.2, 0.25) is 5.91 Å². The molecule has 0 unspecified atom stereocenters. The van der Waals surface area contributed by atoms with Crippen LogP contribution in [-0.4, -0.2) is 11.8 Å². The van der Waals surface area contributed by atoms with E-state index in [4.69, 9.17) is 23.2 Å². The molecule has 0 bridgehead atoms. The number of nitrogens with one attached hydrogen (secondary N) is 1. The van der Waals surface area contributed by atoms with Crippen LogP contribution in [0.1, 0.15) is 18.5 Å². The van der Waals surface area contributed by atoms with Crippen molar-refractivity contribution in [1.29, 1.82) is 0 Å². The van der Waals surface area contributed by atoms with E-state index >= 15 is 0 Å². The van der Waals surface area contributed by atoms with E-state index in [1.54, 1.807) is 12.1 Å². The Kier molecular flexibility index (Phi) is 4.23. The van der Waals surface area contributed by atoms with Crippen LogP contribution in [0.5, 0.6) is 0 Å². The van der Waals surface area contributed by atoms with Crippen molar-refractivity contribution in [2.24, 2.45) is 0 Å². The second-order valence-electron chi connectivity index (χ2n) is 2.97. The smallest absolute Gasteiger partial charge is 0.235 e. The third-order valence-electron chi connectivity index (χ3n) is 1.87. The van der Waals surface area contributed by atoms with Gasteiger partial charge in [-0.05, 0) is 24.6 Å². The molecule has 1 rings (SSSR count). The van der Waals surface area contributed by atoms with Gasteiger partial charge >= 0.3 is 0 Å². The molecule has 76 valence electrons. The molecule has 1 N–H and O–H groups in total. The van der Waals surface area contributed by atoms with E-state index in [9.17, 15) is 4.79 Å². The van der Waals surface area contributed by atoms with Gasteiger partial charge in [-0.3, -0.25) is 4.79 Å². The van der Waals surface area contributed by atoms with Gasteiger partial charge in [0.05, 0.1) is 6.04 Å². The quantitative estimate of drug-likeness (QED) is 0.797. The topological polar surface area (TPSA) is 29.1 Å². The number of hydrogen-bond acceptors (Lipinski definition) is 1. The molecule has 1 aromatic carbocycles. The van der Waals surface area contributed by atoms with E-state index < -0.39 is 0 Å². The molecule has 0 spiro atoms. The van der Waals surface area contributed by atoms with Crippen LogP contribution in [0.3, 0.4) is 0 Å². The van der Waals surface area contributed by atoms with Gasteiger partial charge < -0.3 is 5.32 Å². The first-order valence-corrected chi connectivity index (χ1v) is 5.15. The maximum Gasteiger partial charge on any atom is 0.235 e. The van der Waals surface area contributed by atoms with Crippen molar-refractivity contribution in [1.82, 2.24) is 5.32 Å². The zero-order chi connectivity index (χ0) is 10.6. The molecule has 14 heavy (non-hydrogen) atoms. The maximum atomic E-state index is 11.0. The zero-order valence-corrected chi connectivity index (χ0v) is 9.27. The molecule has 1 amide bonds. The third kappa shape index (κ3) is 3.20. The molecule has 2 nitrogen and oxygen atoms in total. The molecule has 1 atom stereocenters. The van der Waals surface area contributed by atoms with Crippen molar-refractivity contribution in [3.05, 3.63) is 34.9 Å². The molecule has 0 aliphatic rings. The molecular weight excluding hydrogens is 221 g/mol. The fourth-order valence-corrected chi connectivity index (χ4v) is 1.32. The van der Waals surface area contributed by atoms with Crippen LogP contribution >= 0.6 is 23.2 Å². The van der Waals surface area contributed by atoms with E-state index in [1.165, 1.54) is 0 Å². The summed E-state index contributed by atoms with van der Waals surface area (Å²) in [7, 11) is 0. The van der Waals surface area contributed by atoms with Gasteiger partial charge in [-0.25, -0.2) is 0 Å². The van der Waals surface area contributed by atoms with Gasteiger partial charge in [-0.2, -0.15) is 0 Å². The second-order valence-corrected chi connectivity index (χ2v) is 3.68. The molecular formula is C10H11Cl2NO. The van der Waals surface area contributed by atoms with E-state index in [0.717, 1.165) is 5.56 Å². The maximum absolute atomic E-state index is 11.0. The van der Waals surface area contributed by atoms with Crippen molar-refractivity contribution in [2.45, 2.75) is 13.0 Å². The first kappa shape index (κ1) is 11.3. The van der Waals surface area contributed by atoms with Gasteiger partial charge in [0.1, 0.15) is 5.88 Å². The van der Waals surface area contributed by atoms with Crippen LogP contribution in [0.15, 0.2) is 24.3 Å². The van der Waals surface area contributed by atoms with Crippen molar-refractivity contribution in [3.8, 4) is 0 Å².